The van der Waals surface area contributed by atoms with E-state index in [-0.39, 0.29) is 5.91 Å². The van der Waals surface area contributed by atoms with Crippen molar-refractivity contribution in [2.24, 2.45) is 4.99 Å². The van der Waals surface area contributed by atoms with Crippen LogP contribution >= 0.6 is 11.8 Å². The number of amides is 1. The lowest BCUT2D eigenvalue weighted by molar-refractivity contribution is -0.113. The topological polar surface area (TPSA) is 45.1 Å². The van der Waals surface area contributed by atoms with E-state index in [1.165, 1.54) is 11.8 Å². The second-order valence-electron chi connectivity index (χ2n) is 5.77. The van der Waals surface area contributed by atoms with Crippen LogP contribution in [-0.4, -0.2) is 60.7 Å². The van der Waals surface area contributed by atoms with E-state index in [9.17, 15) is 4.79 Å². The Bertz CT molecular complexity index is 674. The van der Waals surface area contributed by atoms with Crippen molar-refractivity contribution in [3.8, 4) is 5.75 Å². The predicted molar refractivity (Wildman–Crippen MR) is 99.2 cm³/mol. The predicted octanol–water partition coefficient (Wildman–Crippen LogP) is 2.47. The van der Waals surface area contributed by atoms with E-state index in [2.05, 4.69) is 28.4 Å². The number of carbonyl (C=O) groups is 1. The van der Waals surface area contributed by atoms with Crippen LogP contribution in [-0.2, 0) is 4.79 Å². The summed E-state index contributed by atoms with van der Waals surface area (Å²) in [6.07, 6.45) is 3.60. The van der Waals surface area contributed by atoms with Gasteiger partial charge >= 0.3 is 0 Å². The highest BCUT2D eigenvalue weighted by atomic mass is 32.2. The minimum atomic E-state index is -0.152. The minimum Gasteiger partial charge on any atom is -0.490 e. The fourth-order valence-corrected chi connectivity index (χ4v) is 3.46. The Hall–Kier alpha value is -2.05. The SMILES string of the molecule is C=CCOc1ccc(/C=C2/SC(N3CCN(C)CC3)=NC2=O)cc1. The first kappa shape index (κ1) is 16.8. The van der Waals surface area contributed by atoms with Crippen LogP contribution in [0.3, 0.4) is 0 Å². The van der Waals surface area contributed by atoms with Crippen molar-refractivity contribution in [2.45, 2.75) is 0 Å². The molecule has 0 spiro atoms. The molecule has 1 aromatic carbocycles. The lowest BCUT2D eigenvalue weighted by Crippen LogP contribution is -2.46. The second-order valence-corrected chi connectivity index (χ2v) is 6.78. The summed E-state index contributed by atoms with van der Waals surface area (Å²) in [5.41, 5.74) is 0.964. The molecule has 2 heterocycles. The first-order valence-corrected chi connectivity index (χ1v) is 8.77. The Balaban J connectivity index is 1.64. The van der Waals surface area contributed by atoms with E-state index in [1.54, 1.807) is 6.08 Å². The summed E-state index contributed by atoms with van der Waals surface area (Å²) in [6.45, 7) is 7.94. The molecule has 0 radical (unpaired) electrons. The fourth-order valence-electron chi connectivity index (χ4n) is 2.50. The van der Waals surface area contributed by atoms with Crippen LogP contribution in [0.25, 0.3) is 6.08 Å². The molecule has 0 aliphatic carbocycles. The summed E-state index contributed by atoms with van der Waals surface area (Å²) in [7, 11) is 2.11. The molecule has 1 amide bonds. The molecular weight excluding hydrogens is 322 g/mol. The van der Waals surface area contributed by atoms with Crippen LogP contribution in [0.1, 0.15) is 5.56 Å². The molecule has 6 heteroatoms. The quantitative estimate of drug-likeness (QED) is 0.621. The van der Waals surface area contributed by atoms with Gasteiger partial charge in [0.1, 0.15) is 12.4 Å². The van der Waals surface area contributed by atoms with Gasteiger partial charge in [-0.3, -0.25) is 4.79 Å². The molecule has 2 aliphatic heterocycles. The number of hydrogen-bond donors (Lipinski definition) is 0. The molecule has 0 unspecified atom stereocenters. The molecule has 0 aromatic heterocycles. The molecule has 0 saturated carbocycles. The summed E-state index contributed by atoms with van der Waals surface area (Å²) >= 11 is 1.46. The number of thioether (sulfide) groups is 1. The lowest BCUT2D eigenvalue weighted by Gasteiger charge is -2.32. The first-order valence-electron chi connectivity index (χ1n) is 7.95. The highest BCUT2D eigenvalue weighted by Gasteiger charge is 2.27. The highest BCUT2D eigenvalue weighted by Crippen LogP contribution is 2.30. The highest BCUT2D eigenvalue weighted by molar-refractivity contribution is 8.18. The number of benzene rings is 1. The molecule has 1 fully saturated rings. The van der Waals surface area contributed by atoms with E-state index in [4.69, 9.17) is 4.74 Å². The Morgan fingerprint density at radius 2 is 1.96 bits per heavy atom. The van der Waals surface area contributed by atoms with E-state index >= 15 is 0 Å². The standard InChI is InChI=1S/C18H21N3O2S/c1-3-12-23-15-6-4-14(5-7-15)13-16-17(22)19-18(24-16)21-10-8-20(2)9-11-21/h3-7,13H,1,8-12H2,2H3/b16-13+. The summed E-state index contributed by atoms with van der Waals surface area (Å²) in [6, 6.07) is 7.66. The zero-order chi connectivity index (χ0) is 16.9. The summed E-state index contributed by atoms with van der Waals surface area (Å²) in [5, 5.41) is 0.824. The normalized spacial score (nSPS) is 20.4. The fraction of sp³-hybridized carbons (Fsp3) is 0.333. The van der Waals surface area contributed by atoms with Gasteiger partial charge in [-0.2, -0.15) is 4.99 Å². The molecular formula is C18H21N3O2S. The van der Waals surface area contributed by atoms with Gasteiger partial charge in [-0.1, -0.05) is 24.8 Å². The molecule has 3 rings (SSSR count). The maximum absolute atomic E-state index is 12.2. The number of aliphatic imine (C=N–C) groups is 1. The second kappa shape index (κ2) is 7.68. The van der Waals surface area contributed by atoms with Gasteiger partial charge in [-0.05, 0) is 42.6 Å². The first-order chi connectivity index (χ1) is 11.7. The molecule has 0 bridgehead atoms. The summed E-state index contributed by atoms with van der Waals surface area (Å²) in [4.78, 5) is 21.5. The number of amidine groups is 1. The van der Waals surface area contributed by atoms with Gasteiger partial charge < -0.3 is 14.5 Å². The number of piperazine rings is 1. The van der Waals surface area contributed by atoms with Crippen molar-refractivity contribution in [3.63, 3.8) is 0 Å². The van der Waals surface area contributed by atoms with Crippen LogP contribution in [0.5, 0.6) is 5.75 Å². The molecule has 0 atom stereocenters. The van der Waals surface area contributed by atoms with Crippen molar-refractivity contribution >= 4 is 28.9 Å². The maximum Gasteiger partial charge on any atom is 0.286 e. The zero-order valence-corrected chi connectivity index (χ0v) is 14.6. The van der Waals surface area contributed by atoms with Gasteiger partial charge in [-0.25, -0.2) is 0 Å². The average Bonchev–Trinajstić information content (AvgIpc) is 2.95. The van der Waals surface area contributed by atoms with E-state index in [1.807, 2.05) is 30.3 Å². The summed E-state index contributed by atoms with van der Waals surface area (Å²) in [5.74, 6) is 0.637. The van der Waals surface area contributed by atoms with Crippen molar-refractivity contribution < 1.29 is 9.53 Å². The zero-order valence-electron chi connectivity index (χ0n) is 13.8. The van der Waals surface area contributed by atoms with Gasteiger partial charge in [-0.15, -0.1) is 0 Å². The van der Waals surface area contributed by atoms with Crippen LogP contribution in [0.2, 0.25) is 0 Å². The van der Waals surface area contributed by atoms with Gasteiger partial charge in [0, 0.05) is 26.2 Å². The van der Waals surface area contributed by atoms with E-state index in [0.29, 0.717) is 11.5 Å². The van der Waals surface area contributed by atoms with Crippen molar-refractivity contribution in [1.82, 2.24) is 9.80 Å². The van der Waals surface area contributed by atoms with Gasteiger partial charge in [0.05, 0.1) is 4.91 Å². The molecule has 1 saturated heterocycles. The third-order valence-corrected chi connectivity index (χ3v) is 4.97. The van der Waals surface area contributed by atoms with Crippen LogP contribution in [0.4, 0.5) is 0 Å². The van der Waals surface area contributed by atoms with Gasteiger partial charge in [0.25, 0.3) is 5.91 Å². The molecule has 2 aliphatic rings. The van der Waals surface area contributed by atoms with E-state index in [0.717, 1.165) is 42.7 Å². The van der Waals surface area contributed by atoms with E-state index < -0.39 is 0 Å². The smallest absolute Gasteiger partial charge is 0.286 e. The third-order valence-electron chi connectivity index (χ3n) is 3.93. The number of rotatable bonds is 4. The average molecular weight is 343 g/mol. The Morgan fingerprint density at radius 3 is 2.62 bits per heavy atom. The minimum absolute atomic E-state index is 0.152. The van der Waals surface area contributed by atoms with Crippen molar-refractivity contribution in [3.05, 3.63) is 47.4 Å². The Labute approximate surface area is 146 Å². The molecule has 1 aromatic rings. The Kier molecular flexibility index (Phi) is 5.37. The summed E-state index contributed by atoms with van der Waals surface area (Å²) < 4.78 is 5.46. The largest absolute Gasteiger partial charge is 0.490 e. The molecule has 5 nitrogen and oxygen atoms in total. The van der Waals surface area contributed by atoms with Gasteiger partial charge in [0.15, 0.2) is 5.17 Å². The van der Waals surface area contributed by atoms with Crippen LogP contribution in [0, 0.1) is 0 Å². The van der Waals surface area contributed by atoms with Crippen molar-refractivity contribution in [1.29, 1.82) is 0 Å². The van der Waals surface area contributed by atoms with Gasteiger partial charge in [0.2, 0.25) is 0 Å². The number of likely N-dealkylation sites (N-methyl/N-ethyl adjacent to an activating group) is 1. The number of ether oxygens (including phenoxy) is 1. The lowest BCUT2D eigenvalue weighted by atomic mass is 10.2. The number of carbonyl (C=O) groups excluding carboxylic acids is 1. The maximum atomic E-state index is 12.2. The van der Waals surface area contributed by atoms with Crippen molar-refractivity contribution in [2.75, 3.05) is 39.8 Å². The number of nitrogens with zero attached hydrogens (tertiary/aromatic N) is 3. The molecule has 24 heavy (non-hydrogen) atoms. The Morgan fingerprint density at radius 1 is 1.25 bits per heavy atom. The number of hydrogen-bond acceptors (Lipinski definition) is 5. The third kappa shape index (κ3) is 4.07. The van der Waals surface area contributed by atoms with Crippen LogP contribution in [0.15, 0.2) is 46.8 Å². The molecule has 0 N–H and O–H groups in total. The van der Waals surface area contributed by atoms with Crippen LogP contribution < -0.4 is 4.74 Å². The molecule has 126 valence electrons. The monoisotopic (exact) mass is 343 g/mol.